The topological polar surface area (TPSA) is 88.1 Å². The number of methoxy groups -OCH3 is 2. The van der Waals surface area contributed by atoms with Crippen LogP contribution in [0.1, 0.15) is 26.2 Å². The fourth-order valence-electron chi connectivity index (χ4n) is 2.85. The Labute approximate surface area is 153 Å². The predicted octanol–water partition coefficient (Wildman–Crippen LogP) is 2.07. The second kappa shape index (κ2) is 9.48. The van der Waals surface area contributed by atoms with Crippen LogP contribution in [0.15, 0.2) is 18.2 Å². The summed E-state index contributed by atoms with van der Waals surface area (Å²) >= 11 is 0. The van der Waals surface area contributed by atoms with Gasteiger partial charge in [-0.3, -0.25) is 14.9 Å². The van der Waals surface area contributed by atoms with E-state index >= 15 is 0 Å². The molecule has 2 unspecified atom stereocenters. The lowest BCUT2D eigenvalue weighted by Crippen LogP contribution is -2.47. The molecule has 0 bridgehead atoms. The lowest BCUT2D eigenvalue weighted by Gasteiger charge is -2.21. The first kappa shape index (κ1) is 21.1. The number of carbonyl (C=O) groups is 2. The Morgan fingerprint density at radius 1 is 1.32 bits per heavy atom. The molecule has 2 atom stereocenters. The number of nitrogens with zero attached hydrogens (tertiary/aromatic N) is 1. The zero-order valence-corrected chi connectivity index (χ0v) is 15.5. The number of carboxylic acid groups (broad SMARTS) is 1. The van der Waals surface area contributed by atoms with Crippen molar-refractivity contribution in [3.8, 4) is 11.5 Å². The first-order valence-corrected chi connectivity index (χ1v) is 8.03. The highest BCUT2D eigenvalue weighted by atomic mass is 35.5. The number of hydrogen-bond acceptors (Lipinski definition) is 5. The maximum atomic E-state index is 12.7. The summed E-state index contributed by atoms with van der Waals surface area (Å²) in [4.78, 5) is 25.6. The van der Waals surface area contributed by atoms with Gasteiger partial charge in [0.25, 0.3) is 0 Å². The normalized spacial score (nSPS) is 17.8. The third-order valence-electron chi connectivity index (χ3n) is 4.13. The summed E-state index contributed by atoms with van der Waals surface area (Å²) in [6.45, 7) is 2.44. The Morgan fingerprint density at radius 3 is 2.40 bits per heavy atom. The molecule has 1 aromatic carbocycles. The van der Waals surface area contributed by atoms with E-state index in [1.54, 1.807) is 37.3 Å². The second-order valence-corrected chi connectivity index (χ2v) is 5.75. The van der Waals surface area contributed by atoms with Crippen LogP contribution in [0.5, 0.6) is 11.5 Å². The summed E-state index contributed by atoms with van der Waals surface area (Å²) in [6, 6.07) is 4.08. The third-order valence-corrected chi connectivity index (χ3v) is 4.13. The Bertz CT molecular complexity index is 588. The molecule has 1 aromatic rings. The van der Waals surface area contributed by atoms with Crippen LogP contribution in [0.3, 0.4) is 0 Å². The van der Waals surface area contributed by atoms with Gasteiger partial charge in [0.1, 0.15) is 17.5 Å². The largest absolute Gasteiger partial charge is 0.497 e. The fraction of sp³-hybridized carbons (Fsp3) is 0.529. The number of aliphatic carboxylic acids is 1. The molecule has 140 valence electrons. The number of hydrogen-bond donors (Lipinski definition) is 2. The zero-order chi connectivity index (χ0) is 17.7. The van der Waals surface area contributed by atoms with Crippen LogP contribution in [0.2, 0.25) is 0 Å². The van der Waals surface area contributed by atoms with Crippen molar-refractivity contribution in [3.05, 3.63) is 18.2 Å². The molecule has 0 aromatic heterocycles. The summed E-state index contributed by atoms with van der Waals surface area (Å²) in [5.41, 5.74) is 0.683. The smallest absolute Gasteiger partial charge is 0.320 e. The molecule has 0 saturated carbocycles. The molecule has 7 nitrogen and oxygen atoms in total. The van der Waals surface area contributed by atoms with Gasteiger partial charge in [-0.25, -0.2) is 0 Å². The van der Waals surface area contributed by atoms with Gasteiger partial charge in [-0.05, 0) is 12.8 Å². The first-order valence-electron chi connectivity index (χ1n) is 8.03. The molecule has 1 aliphatic rings. The quantitative estimate of drug-likeness (QED) is 0.726. The van der Waals surface area contributed by atoms with Crippen molar-refractivity contribution in [1.29, 1.82) is 0 Å². The van der Waals surface area contributed by atoms with E-state index in [9.17, 15) is 14.7 Å². The number of amides is 1. The number of benzene rings is 1. The molecule has 0 aliphatic carbocycles. The van der Waals surface area contributed by atoms with E-state index in [4.69, 9.17) is 9.47 Å². The monoisotopic (exact) mass is 372 g/mol. The van der Waals surface area contributed by atoms with Crippen molar-refractivity contribution in [3.63, 3.8) is 0 Å². The van der Waals surface area contributed by atoms with Gasteiger partial charge in [0.15, 0.2) is 0 Å². The Kier molecular flexibility index (Phi) is 7.99. The summed E-state index contributed by atoms with van der Waals surface area (Å²) in [5.74, 6) is 0.143. The van der Waals surface area contributed by atoms with Gasteiger partial charge in [0.2, 0.25) is 5.91 Å². The van der Waals surface area contributed by atoms with Crippen molar-refractivity contribution < 1.29 is 24.2 Å². The fourth-order valence-corrected chi connectivity index (χ4v) is 2.85. The van der Waals surface area contributed by atoms with Crippen molar-refractivity contribution in [2.75, 3.05) is 25.7 Å². The van der Waals surface area contributed by atoms with E-state index in [2.05, 4.69) is 5.32 Å². The molecule has 1 fully saturated rings. The maximum absolute atomic E-state index is 12.7. The Balaban J connectivity index is 0.00000312. The van der Waals surface area contributed by atoms with Crippen molar-refractivity contribution >= 4 is 30.0 Å². The number of carbonyl (C=O) groups excluding carboxylic acids is 1. The van der Waals surface area contributed by atoms with E-state index in [-0.39, 0.29) is 18.3 Å². The Hall–Kier alpha value is -1.99. The van der Waals surface area contributed by atoms with E-state index in [0.717, 1.165) is 6.42 Å². The standard InChI is InChI=1S/C17H24N2O5.ClH/c1-4-5-15(17(21)22)18-14-6-7-19(16(14)20)11-8-12(23-2)10-13(9-11)24-3;/h8-10,14-15,18H,4-7H2,1-3H3,(H,21,22);1H. The molecular weight excluding hydrogens is 348 g/mol. The van der Waals surface area contributed by atoms with Crippen LogP contribution in [-0.2, 0) is 9.59 Å². The molecule has 8 heteroatoms. The molecule has 1 amide bonds. The zero-order valence-electron chi connectivity index (χ0n) is 14.7. The molecule has 1 saturated heterocycles. The van der Waals surface area contributed by atoms with Gasteiger partial charge < -0.3 is 19.5 Å². The van der Waals surface area contributed by atoms with Gasteiger partial charge in [0, 0.05) is 24.7 Å². The minimum Gasteiger partial charge on any atom is -0.497 e. The average Bonchev–Trinajstić information content (AvgIpc) is 2.94. The minimum atomic E-state index is -0.925. The van der Waals surface area contributed by atoms with Gasteiger partial charge in [-0.1, -0.05) is 13.3 Å². The highest BCUT2D eigenvalue weighted by Gasteiger charge is 2.35. The van der Waals surface area contributed by atoms with Crippen LogP contribution in [0, 0.1) is 0 Å². The molecule has 1 aliphatic heterocycles. The van der Waals surface area contributed by atoms with Crippen molar-refractivity contribution in [1.82, 2.24) is 5.32 Å². The highest BCUT2D eigenvalue weighted by Crippen LogP contribution is 2.31. The summed E-state index contributed by atoms with van der Waals surface area (Å²) in [5, 5.41) is 12.2. The van der Waals surface area contributed by atoms with Crippen LogP contribution in [0.25, 0.3) is 0 Å². The number of nitrogens with one attached hydrogen (secondary N) is 1. The second-order valence-electron chi connectivity index (χ2n) is 5.75. The number of carboxylic acids is 1. The van der Waals surface area contributed by atoms with Crippen molar-refractivity contribution in [2.24, 2.45) is 0 Å². The molecule has 0 spiro atoms. The van der Waals surface area contributed by atoms with E-state index < -0.39 is 18.1 Å². The lowest BCUT2D eigenvalue weighted by molar-refractivity contribution is -0.140. The molecule has 1 heterocycles. The average molecular weight is 373 g/mol. The third kappa shape index (κ3) is 4.99. The van der Waals surface area contributed by atoms with Gasteiger partial charge in [-0.2, -0.15) is 0 Å². The minimum absolute atomic E-state index is 0. The first-order chi connectivity index (χ1) is 11.5. The molecule has 0 radical (unpaired) electrons. The summed E-state index contributed by atoms with van der Waals surface area (Å²) in [7, 11) is 3.11. The van der Waals surface area contributed by atoms with E-state index in [1.165, 1.54) is 0 Å². The van der Waals surface area contributed by atoms with Crippen LogP contribution < -0.4 is 19.7 Å². The Morgan fingerprint density at radius 2 is 1.92 bits per heavy atom. The van der Waals surface area contributed by atoms with Gasteiger partial charge >= 0.3 is 5.97 Å². The summed E-state index contributed by atoms with van der Waals surface area (Å²) in [6.07, 6.45) is 1.79. The van der Waals surface area contributed by atoms with Gasteiger partial charge in [-0.15, -0.1) is 12.4 Å². The number of anilines is 1. The highest BCUT2D eigenvalue weighted by molar-refractivity contribution is 6.00. The van der Waals surface area contributed by atoms with E-state index in [0.29, 0.717) is 36.6 Å². The maximum Gasteiger partial charge on any atom is 0.320 e. The van der Waals surface area contributed by atoms with Crippen LogP contribution in [0.4, 0.5) is 5.69 Å². The number of ether oxygens (including phenoxy) is 2. The lowest BCUT2D eigenvalue weighted by atomic mass is 10.1. The van der Waals surface area contributed by atoms with Crippen LogP contribution in [-0.4, -0.2) is 49.8 Å². The number of halogens is 1. The molecule has 2 rings (SSSR count). The number of rotatable bonds is 8. The molecule has 25 heavy (non-hydrogen) atoms. The van der Waals surface area contributed by atoms with E-state index in [1.807, 2.05) is 6.92 Å². The summed E-state index contributed by atoms with van der Waals surface area (Å²) < 4.78 is 10.5. The van der Waals surface area contributed by atoms with Crippen LogP contribution >= 0.6 is 12.4 Å². The van der Waals surface area contributed by atoms with Gasteiger partial charge in [0.05, 0.1) is 25.9 Å². The SMILES string of the molecule is CCCC(NC1CCN(c2cc(OC)cc(OC)c2)C1=O)C(=O)O.Cl. The predicted molar refractivity (Wildman–Crippen MR) is 97.0 cm³/mol. The molecular formula is C17H25ClN2O5. The van der Waals surface area contributed by atoms with Crippen molar-refractivity contribution in [2.45, 2.75) is 38.3 Å². The molecule has 2 N–H and O–H groups in total.